The van der Waals surface area contributed by atoms with Crippen molar-refractivity contribution in [1.82, 2.24) is 14.5 Å². The molecule has 0 amide bonds. The van der Waals surface area contributed by atoms with Gasteiger partial charge in [0.15, 0.2) is 16.5 Å². The van der Waals surface area contributed by atoms with Crippen molar-refractivity contribution < 1.29 is 5.11 Å². The van der Waals surface area contributed by atoms with Gasteiger partial charge in [-0.1, -0.05) is 35.3 Å². The maximum absolute atomic E-state index is 12.4. The van der Waals surface area contributed by atoms with Crippen molar-refractivity contribution in [2.24, 2.45) is 0 Å². The molecule has 21 heavy (non-hydrogen) atoms. The van der Waals surface area contributed by atoms with Gasteiger partial charge in [-0.2, -0.15) is 0 Å². The average Bonchev–Trinajstić information content (AvgIpc) is 2.47. The molecule has 2 heterocycles. The summed E-state index contributed by atoms with van der Waals surface area (Å²) in [5, 5.41) is 10.3. The first-order chi connectivity index (χ1) is 10.0. The van der Waals surface area contributed by atoms with Crippen molar-refractivity contribution in [3.63, 3.8) is 0 Å². The van der Waals surface area contributed by atoms with Gasteiger partial charge in [0.25, 0.3) is 5.56 Å². The van der Waals surface area contributed by atoms with E-state index in [1.165, 1.54) is 17.0 Å². The summed E-state index contributed by atoms with van der Waals surface area (Å²) in [5.74, 6) is -0.243. The van der Waals surface area contributed by atoms with Crippen molar-refractivity contribution in [2.75, 3.05) is 0 Å². The molecule has 0 bridgehead atoms. The van der Waals surface area contributed by atoms with Crippen LogP contribution in [0.1, 0.15) is 5.56 Å². The van der Waals surface area contributed by atoms with Crippen LogP contribution in [0.4, 0.5) is 0 Å². The summed E-state index contributed by atoms with van der Waals surface area (Å²) in [7, 11) is 0. The van der Waals surface area contributed by atoms with Crippen molar-refractivity contribution in [3.8, 4) is 5.75 Å². The van der Waals surface area contributed by atoms with Gasteiger partial charge in [0.2, 0.25) is 0 Å². The highest BCUT2D eigenvalue weighted by Crippen LogP contribution is 2.22. The largest absolute Gasteiger partial charge is 0.505 e. The van der Waals surface area contributed by atoms with Gasteiger partial charge in [0, 0.05) is 5.02 Å². The van der Waals surface area contributed by atoms with E-state index < -0.39 is 0 Å². The Morgan fingerprint density at radius 3 is 2.62 bits per heavy atom. The Morgan fingerprint density at radius 2 is 1.90 bits per heavy atom. The highest BCUT2D eigenvalue weighted by Gasteiger charge is 2.10. The third-order valence-corrected chi connectivity index (χ3v) is 3.54. The zero-order chi connectivity index (χ0) is 15.0. The second kappa shape index (κ2) is 5.35. The standard InChI is InChI=1S/C14H9Cl2N3O2/c15-9-3-1-8(2-4-9)6-19-7-17-13-10(14(19)21)5-11(20)12(16)18-13/h1-5,7,20H,6H2. The maximum Gasteiger partial charge on any atom is 0.263 e. The molecule has 0 aliphatic rings. The summed E-state index contributed by atoms with van der Waals surface area (Å²) in [6, 6.07) is 8.44. The molecule has 3 rings (SSSR count). The van der Waals surface area contributed by atoms with Crippen molar-refractivity contribution in [2.45, 2.75) is 6.54 Å². The molecule has 106 valence electrons. The van der Waals surface area contributed by atoms with Crippen LogP contribution in [0.2, 0.25) is 10.2 Å². The molecule has 2 aromatic heterocycles. The molecule has 0 aliphatic carbocycles. The minimum absolute atomic E-state index is 0.0788. The van der Waals surface area contributed by atoms with Gasteiger partial charge >= 0.3 is 0 Å². The molecule has 0 spiro atoms. The molecule has 0 radical (unpaired) electrons. The number of rotatable bonds is 2. The number of aromatic nitrogens is 3. The van der Waals surface area contributed by atoms with Crippen molar-refractivity contribution in [3.05, 3.63) is 62.8 Å². The lowest BCUT2D eigenvalue weighted by Crippen LogP contribution is -2.21. The molecule has 0 fully saturated rings. The molecule has 0 saturated heterocycles. The maximum atomic E-state index is 12.4. The van der Waals surface area contributed by atoms with Gasteiger partial charge in [0.1, 0.15) is 6.33 Å². The molecule has 0 saturated carbocycles. The number of benzene rings is 1. The van der Waals surface area contributed by atoms with E-state index in [2.05, 4.69) is 9.97 Å². The van der Waals surface area contributed by atoms with Gasteiger partial charge in [0.05, 0.1) is 11.9 Å². The van der Waals surface area contributed by atoms with Crippen LogP contribution < -0.4 is 5.56 Å². The minimum atomic E-state index is -0.297. The van der Waals surface area contributed by atoms with Crippen molar-refractivity contribution >= 4 is 34.2 Å². The van der Waals surface area contributed by atoms with Crippen LogP contribution in [-0.4, -0.2) is 19.6 Å². The van der Waals surface area contributed by atoms with Gasteiger partial charge < -0.3 is 5.11 Å². The van der Waals surface area contributed by atoms with E-state index >= 15 is 0 Å². The fourth-order valence-electron chi connectivity index (χ4n) is 1.96. The average molecular weight is 322 g/mol. The Hall–Kier alpha value is -2.11. The lowest BCUT2D eigenvalue weighted by atomic mass is 10.2. The molecule has 5 nitrogen and oxygen atoms in total. The third kappa shape index (κ3) is 2.70. The fourth-order valence-corrected chi connectivity index (χ4v) is 2.22. The first-order valence-corrected chi connectivity index (χ1v) is 6.79. The molecule has 7 heteroatoms. The lowest BCUT2D eigenvalue weighted by molar-refractivity contribution is 0.474. The normalized spacial score (nSPS) is 11.0. The molecule has 3 aromatic rings. The monoisotopic (exact) mass is 321 g/mol. The molecule has 0 atom stereocenters. The third-order valence-electron chi connectivity index (χ3n) is 3.01. The molecular formula is C14H9Cl2N3O2. The number of pyridine rings is 1. The summed E-state index contributed by atoms with van der Waals surface area (Å²) in [6.07, 6.45) is 1.40. The predicted molar refractivity (Wildman–Crippen MR) is 81.0 cm³/mol. The second-order valence-corrected chi connectivity index (χ2v) is 5.27. The quantitative estimate of drug-likeness (QED) is 0.737. The smallest absolute Gasteiger partial charge is 0.263 e. The van der Waals surface area contributed by atoms with Crippen LogP contribution in [0.5, 0.6) is 5.75 Å². The highest BCUT2D eigenvalue weighted by molar-refractivity contribution is 6.31. The summed E-state index contributed by atoms with van der Waals surface area (Å²) in [5.41, 5.74) is 0.818. The number of halogens is 2. The Morgan fingerprint density at radius 1 is 1.19 bits per heavy atom. The van der Waals surface area contributed by atoms with Crippen LogP contribution in [0.3, 0.4) is 0 Å². The van der Waals surface area contributed by atoms with Gasteiger partial charge in [-0.05, 0) is 23.8 Å². The summed E-state index contributed by atoms with van der Waals surface area (Å²) in [4.78, 5) is 20.3. The molecule has 0 unspecified atom stereocenters. The Labute approximate surface area is 129 Å². The minimum Gasteiger partial charge on any atom is -0.505 e. The Balaban J connectivity index is 2.07. The summed E-state index contributed by atoms with van der Waals surface area (Å²) < 4.78 is 1.43. The number of hydrogen-bond donors (Lipinski definition) is 1. The number of hydrogen-bond acceptors (Lipinski definition) is 4. The van der Waals surface area contributed by atoms with Crippen LogP contribution in [0.25, 0.3) is 11.0 Å². The van der Waals surface area contributed by atoms with Gasteiger partial charge in [-0.25, -0.2) is 9.97 Å². The van der Waals surface area contributed by atoms with Crippen LogP contribution in [0, 0.1) is 0 Å². The van der Waals surface area contributed by atoms with Gasteiger partial charge in [-0.15, -0.1) is 0 Å². The Kier molecular flexibility index (Phi) is 3.53. The topological polar surface area (TPSA) is 68.0 Å². The highest BCUT2D eigenvalue weighted by atomic mass is 35.5. The van der Waals surface area contributed by atoms with Crippen LogP contribution in [0.15, 0.2) is 41.5 Å². The number of fused-ring (bicyclic) bond motifs is 1. The molecule has 1 N–H and O–H groups in total. The predicted octanol–water partition coefficient (Wildman–Crippen LogP) is 2.85. The fraction of sp³-hybridized carbons (Fsp3) is 0.0714. The van der Waals surface area contributed by atoms with E-state index in [1.54, 1.807) is 12.1 Å². The first kappa shape index (κ1) is 13.9. The first-order valence-electron chi connectivity index (χ1n) is 6.04. The lowest BCUT2D eigenvalue weighted by Gasteiger charge is -2.07. The van der Waals surface area contributed by atoms with E-state index in [9.17, 15) is 9.90 Å². The van der Waals surface area contributed by atoms with Crippen molar-refractivity contribution in [1.29, 1.82) is 0 Å². The van der Waals surface area contributed by atoms with Gasteiger partial charge in [-0.3, -0.25) is 9.36 Å². The zero-order valence-corrected chi connectivity index (χ0v) is 12.1. The van der Waals surface area contributed by atoms with E-state index in [4.69, 9.17) is 23.2 Å². The molecule has 1 aromatic carbocycles. The van der Waals surface area contributed by atoms with E-state index in [0.717, 1.165) is 5.56 Å². The number of nitrogens with zero attached hydrogens (tertiary/aromatic N) is 3. The Bertz CT molecular complexity index is 876. The molecule has 0 aliphatic heterocycles. The van der Waals surface area contributed by atoms with E-state index in [0.29, 0.717) is 11.6 Å². The van der Waals surface area contributed by atoms with Crippen LogP contribution in [-0.2, 0) is 6.54 Å². The van der Waals surface area contributed by atoms with E-state index in [-0.39, 0.29) is 27.5 Å². The zero-order valence-electron chi connectivity index (χ0n) is 10.6. The SMILES string of the molecule is O=c1c2cc(O)c(Cl)nc2ncn1Cc1ccc(Cl)cc1. The van der Waals surface area contributed by atoms with Crippen LogP contribution >= 0.6 is 23.2 Å². The summed E-state index contributed by atoms with van der Waals surface area (Å²) >= 11 is 11.5. The number of aromatic hydroxyl groups is 1. The summed E-state index contributed by atoms with van der Waals surface area (Å²) in [6.45, 7) is 0.350. The molecular weight excluding hydrogens is 313 g/mol. The van der Waals surface area contributed by atoms with E-state index in [1.807, 2.05) is 12.1 Å². The second-order valence-electron chi connectivity index (χ2n) is 4.47.